The molecular weight excluding hydrogens is 369 g/mol. The molecule has 29 heavy (non-hydrogen) atoms. The van der Waals surface area contributed by atoms with Crippen LogP contribution in [0.25, 0.3) is 22.2 Å². The van der Waals surface area contributed by atoms with Crippen molar-refractivity contribution in [2.24, 2.45) is 0 Å². The normalized spacial score (nSPS) is 10.7. The minimum atomic E-state index is -0.359. The zero-order chi connectivity index (χ0) is 20.4. The molecule has 0 aliphatic heterocycles. The summed E-state index contributed by atoms with van der Waals surface area (Å²) in [4.78, 5) is 15.6. The molecule has 1 heterocycles. The Bertz CT molecular complexity index is 1180. The van der Waals surface area contributed by atoms with Crippen molar-refractivity contribution in [2.45, 2.75) is 6.92 Å². The molecule has 0 atom stereocenters. The molecule has 1 aromatic heterocycles. The van der Waals surface area contributed by atoms with E-state index < -0.39 is 0 Å². The Morgan fingerprint density at radius 2 is 1.76 bits per heavy atom. The number of aryl methyl sites for hydroxylation is 1. The quantitative estimate of drug-likeness (QED) is 0.405. The van der Waals surface area contributed by atoms with Crippen LogP contribution >= 0.6 is 0 Å². The molecule has 2 amide bonds. The van der Waals surface area contributed by atoms with Gasteiger partial charge in [-0.3, -0.25) is 0 Å². The van der Waals surface area contributed by atoms with Gasteiger partial charge in [0.2, 0.25) is 0 Å². The van der Waals surface area contributed by atoms with E-state index in [1.54, 1.807) is 13.2 Å². The van der Waals surface area contributed by atoms with Crippen LogP contribution in [-0.2, 0) is 0 Å². The van der Waals surface area contributed by atoms with E-state index in [0.717, 1.165) is 27.7 Å². The van der Waals surface area contributed by atoms with Crippen molar-refractivity contribution >= 4 is 28.3 Å². The van der Waals surface area contributed by atoms with E-state index >= 15 is 0 Å². The minimum Gasteiger partial charge on any atom is -0.495 e. The summed E-state index contributed by atoms with van der Waals surface area (Å²) in [7, 11) is 1.56. The molecule has 0 radical (unpaired) electrons. The average molecular weight is 389 g/mol. The Balaban J connectivity index is 1.47. The maximum atomic E-state index is 13.4. The highest BCUT2D eigenvalue weighted by Gasteiger charge is 2.09. The number of aromatic nitrogens is 1. The number of benzene rings is 3. The van der Waals surface area contributed by atoms with Gasteiger partial charge in [-0.05, 0) is 66.6 Å². The smallest absolute Gasteiger partial charge is 0.323 e. The van der Waals surface area contributed by atoms with Gasteiger partial charge in [-0.2, -0.15) is 0 Å². The predicted octanol–water partition coefficient (Wildman–Crippen LogP) is 5.94. The van der Waals surface area contributed by atoms with E-state index in [-0.39, 0.29) is 11.8 Å². The molecule has 0 bridgehead atoms. The van der Waals surface area contributed by atoms with Crippen LogP contribution in [0.4, 0.5) is 20.6 Å². The molecule has 0 aliphatic rings. The fraction of sp³-hybridized carbons (Fsp3) is 0.0870. The Morgan fingerprint density at radius 1 is 0.966 bits per heavy atom. The third-order valence-corrected chi connectivity index (χ3v) is 4.64. The fourth-order valence-corrected chi connectivity index (χ4v) is 3.20. The van der Waals surface area contributed by atoms with E-state index in [9.17, 15) is 9.18 Å². The van der Waals surface area contributed by atoms with Crippen molar-refractivity contribution in [3.63, 3.8) is 0 Å². The van der Waals surface area contributed by atoms with E-state index in [4.69, 9.17) is 4.74 Å². The number of nitrogens with one attached hydrogen (secondary N) is 3. The maximum absolute atomic E-state index is 13.4. The van der Waals surface area contributed by atoms with Gasteiger partial charge >= 0.3 is 6.03 Å². The molecule has 146 valence electrons. The summed E-state index contributed by atoms with van der Waals surface area (Å²) in [6, 6.07) is 19.2. The molecule has 0 unspecified atom stereocenters. The zero-order valence-electron chi connectivity index (χ0n) is 16.0. The minimum absolute atomic E-state index is 0.265. The average Bonchev–Trinajstić information content (AvgIpc) is 3.12. The molecule has 4 rings (SSSR count). The highest BCUT2D eigenvalue weighted by atomic mass is 19.1. The number of anilines is 2. The van der Waals surface area contributed by atoms with Gasteiger partial charge in [-0.1, -0.05) is 18.2 Å². The van der Waals surface area contributed by atoms with Gasteiger partial charge in [0, 0.05) is 22.3 Å². The summed E-state index contributed by atoms with van der Waals surface area (Å²) in [5.74, 6) is 0.329. The van der Waals surface area contributed by atoms with Crippen molar-refractivity contribution in [1.29, 1.82) is 0 Å². The lowest BCUT2D eigenvalue weighted by Crippen LogP contribution is -2.19. The Labute approximate surface area is 167 Å². The van der Waals surface area contributed by atoms with Crippen molar-refractivity contribution in [2.75, 3.05) is 17.7 Å². The van der Waals surface area contributed by atoms with E-state index in [0.29, 0.717) is 17.1 Å². The third-order valence-electron chi connectivity index (χ3n) is 4.64. The molecule has 6 heteroatoms. The number of ether oxygens (including phenoxy) is 1. The molecule has 0 aliphatic carbocycles. The largest absolute Gasteiger partial charge is 0.495 e. The number of fused-ring (bicyclic) bond motifs is 1. The predicted molar refractivity (Wildman–Crippen MR) is 114 cm³/mol. The zero-order valence-corrected chi connectivity index (χ0v) is 16.0. The van der Waals surface area contributed by atoms with Crippen molar-refractivity contribution in [1.82, 2.24) is 4.98 Å². The first kappa shape index (κ1) is 18.6. The molecular formula is C23H20FN3O2. The van der Waals surface area contributed by atoms with Crippen LogP contribution in [0.5, 0.6) is 5.75 Å². The van der Waals surface area contributed by atoms with Crippen molar-refractivity contribution < 1.29 is 13.9 Å². The second kappa shape index (κ2) is 7.67. The van der Waals surface area contributed by atoms with Gasteiger partial charge in [-0.25, -0.2) is 9.18 Å². The highest BCUT2D eigenvalue weighted by molar-refractivity contribution is 6.01. The molecule has 0 spiro atoms. The first-order valence-electron chi connectivity index (χ1n) is 9.13. The van der Waals surface area contributed by atoms with Gasteiger partial charge in [0.15, 0.2) is 0 Å². The van der Waals surface area contributed by atoms with Crippen LogP contribution in [0.3, 0.4) is 0 Å². The Morgan fingerprint density at radius 3 is 2.52 bits per heavy atom. The van der Waals surface area contributed by atoms with Crippen LogP contribution in [-0.4, -0.2) is 18.1 Å². The molecule has 0 saturated heterocycles. The fourth-order valence-electron chi connectivity index (χ4n) is 3.20. The van der Waals surface area contributed by atoms with Crippen LogP contribution < -0.4 is 15.4 Å². The molecule has 3 aromatic carbocycles. The Hall–Kier alpha value is -3.80. The molecule has 5 nitrogen and oxygen atoms in total. The second-order valence-electron chi connectivity index (χ2n) is 6.77. The number of urea groups is 1. The number of halogens is 1. The second-order valence-corrected chi connectivity index (χ2v) is 6.77. The summed E-state index contributed by atoms with van der Waals surface area (Å²) in [5.41, 5.74) is 4.96. The Kier molecular flexibility index (Phi) is 4.91. The number of methoxy groups -OCH3 is 1. The van der Waals surface area contributed by atoms with Gasteiger partial charge in [0.05, 0.1) is 12.8 Å². The molecule has 3 N–H and O–H groups in total. The third kappa shape index (κ3) is 4.06. The summed E-state index contributed by atoms with van der Waals surface area (Å²) in [6.45, 7) is 1.94. The van der Waals surface area contributed by atoms with Gasteiger partial charge in [0.1, 0.15) is 11.6 Å². The summed E-state index contributed by atoms with van der Waals surface area (Å²) >= 11 is 0. The first-order valence-corrected chi connectivity index (χ1v) is 9.13. The summed E-state index contributed by atoms with van der Waals surface area (Å²) < 4.78 is 18.7. The topological polar surface area (TPSA) is 66.2 Å². The summed E-state index contributed by atoms with van der Waals surface area (Å²) in [5, 5.41) is 6.43. The van der Waals surface area contributed by atoms with Gasteiger partial charge in [-0.15, -0.1) is 0 Å². The van der Waals surface area contributed by atoms with Crippen molar-refractivity contribution in [3.05, 3.63) is 78.1 Å². The van der Waals surface area contributed by atoms with Crippen LogP contribution in [0.2, 0.25) is 0 Å². The van der Waals surface area contributed by atoms with Crippen LogP contribution in [0.1, 0.15) is 5.56 Å². The number of aromatic amines is 1. The lowest BCUT2D eigenvalue weighted by atomic mass is 10.1. The molecule has 0 saturated carbocycles. The van der Waals surface area contributed by atoms with E-state index in [1.165, 1.54) is 12.1 Å². The number of hydrogen-bond donors (Lipinski definition) is 3. The molecule has 0 fully saturated rings. The monoisotopic (exact) mass is 389 g/mol. The maximum Gasteiger partial charge on any atom is 0.323 e. The van der Waals surface area contributed by atoms with E-state index in [1.807, 2.05) is 55.5 Å². The van der Waals surface area contributed by atoms with Gasteiger partial charge < -0.3 is 20.4 Å². The number of carbonyl (C=O) groups is 1. The SMILES string of the molecule is COc1ccc(C)cc1NC(=O)Nc1ccc(-c2cc3cc(F)ccc3[nH]2)cc1. The van der Waals surface area contributed by atoms with Crippen molar-refractivity contribution in [3.8, 4) is 17.0 Å². The number of amides is 2. The lowest BCUT2D eigenvalue weighted by molar-refractivity contribution is 0.262. The number of hydrogen-bond acceptors (Lipinski definition) is 2. The van der Waals surface area contributed by atoms with Crippen LogP contribution in [0.15, 0.2) is 66.7 Å². The van der Waals surface area contributed by atoms with Gasteiger partial charge in [0.25, 0.3) is 0 Å². The number of carbonyl (C=O) groups excluding carboxylic acids is 1. The lowest BCUT2D eigenvalue weighted by Gasteiger charge is -2.12. The highest BCUT2D eigenvalue weighted by Crippen LogP contribution is 2.27. The van der Waals surface area contributed by atoms with Crippen LogP contribution in [0, 0.1) is 12.7 Å². The van der Waals surface area contributed by atoms with E-state index in [2.05, 4.69) is 15.6 Å². The molecule has 4 aromatic rings. The first-order chi connectivity index (χ1) is 14.0. The summed E-state index contributed by atoms with van der Waals surface area (Å²) in [6.07, 6.45) is 0. The standard InChI is InChI=1S/C23H20FN3O2/c1-14-3-10-22(29-2)21(11-14)27-23(28)25-18-7-4-15(5-8-18)20-13-16-12-17(24)6-9-19(16)26-20/h3-13,26H,1-2H3,(H2,25,27,28). The number of rotatable bonds is 4. The number of H-pyrrole nitrogens is 1.